The van der Waals surface area contributed by atoms with Gasteiger partial charge in [0.2, 0.25) is 5.91 Å². The first-order valence-electron chi connectivity index (χ1n) is 7.97. The number of hydrogen-bond donors (Lipinski definition) is 2. The fourth-order valence-electron chi connectivity index (χ4n) is 2.26. The molecule has 0 spiro atoms. The average molecular weight is 342 g/mol. The quantitative estimate of drug-likeness (QED) is 0.436. The maximum Gasteiger partial charge on any atom is 0.224 e. The zero-order chi connectivity index (χ0) is 18.2. The Labute approximate surface area is 146 Å². The minimum absolute atomic E-state index is 0.0106. The summed E-state index contributed by atoms with van der Waals surface area (Å²) < 4.78 is 10.7. The van der Waals surface area contributed by atoms with Crippen molar-refractivity contribution in [3.63, 3.8) is 0 Å². The van der Waals surface area contributed by atoms with Crippen LogP contribution in [0.15, 0.2) is 42.5 Å². The molecule has 0 aromatic heterocycles. The van der Waals surface area contributed by atoms with Gasteiger partial charge < -0.3 is 20.5 Å². The predicted octanol–water partition coefficient (Wildman–Crippen LogP) is 3.28. The van der Waals surface area contributed by atoms with E-state index in [-0.39, 0.29) is 11.7 Å². The molecule has 2 rings (SSSR count). The second-order valence-electron chi connectivity index (χ2n) is 5.54. The first kappa shape index (κ1) is 18.3. The molecular weight excluding hydrogens is 320 g/mol. The summed E-state index contributed by atoms with van der Waals surface area (Å²) >= 11 is 0. The molecule has 0 heterocycles. The summed E-state index contributed by atoms with van der Waals surface area (Å²) in [7, 11) is 1.54. The van der Waals surface area contributed by atoms with E-state index in [1.165, 1.54) is 14.0 Å². The molecule has 0 saturated heterocycles. The van der Waals surface area contributed by atoms with Gasteiger partial charge in [-0.3, -0.25) is 9.59 Å². The Morgan fingerprint density at radius 3 is 2.64 bits per heavy atom. The number of carbonyl (C=O) groups excluding carboxylic acids is 2. The standard InChI is InChI=1S/C19H22N2O4/c1-13(22)14-5-3-6-16(11-14)25-10-4-7-19(23)21-15-8-9-18(24-2)17(20)12-15/h3,5-6,8-9,11-12H,4,7,10,20H2,1-2H3,(H,21,23). The monoisotopic (exact) mass is 342 g/mol. The number of nitrogen functional groups attached to an aromatic ring is 1. The number of carbonyl (C=O) groups is 2. The molecule has 0 fully saturated rings. The Morgan fingerprint density at radius 1 is 1.16 bits per heavy atom. The molecule has 1 amide bonds. The van der Waals surface area contributed by atoms with Crippen molar-refractivity contribution < 1.29 is 19.1 Å². The lowest BCUT2D eigenvalue weighted by Gasteiger charge is -2.09. The molecule has 6 nitrogen and oxygen atoms in total. The number of ether oxygens (including phenoxy) is 2. The summed E-state index contributed by atoms with van der Waals surface area (Å²) in [4.78, 5) is 23.3. The number of methoxy groups -OCH3 is 1. The number of hydrogen-bond acceptors (Lipinski definition) is 5. The molecular formula is C19H22N2O4. The number of ketones is 1. The molecule has 0 atom stereocenters. The maximum absolute atomic E-state index is 11.9. The first-order chi connectivity index (χ1) is 12.0. The van der Waals surface area contributed by atoms with Crippen molar-refractivity contribution in [3.05, 3.63) is 48.0 Å². The Balaban J connectivity index is 1.76. The highest BCUT2D eigenvalue weighted by Crippen LogP contribution is 2.24. The Hall–Kier alpha value is -3.02. The van der Waals surface area contributed by atoms with Gasteiger partial charge in [-0.15, -0.1) is 0 Å². The van der Waals surface area contributed by atoms with Crippen LogP contribution in [0.3, 0.4) is 0 Å². The molecule has 0 unspecified atom stereocenters. The van der Waals surface area contributed by atoms with Crippen LogP contribution >= 0.6 is 0 Å². The number of rotatable bonds is 8. The number of benzene rings is 2. The summed E-state index contributed by atoms with van der Waals surface area (Å²) in [5.74, 6) is 1.06. The minimum atomic E-state index is -0.120. The summed E-state index contributed by atoms with van der Waals surface area (Å²) in [5.41, 5.74) is 7.50. The molecule has 0 radical (unpaired) electrons. The fourth-order valence-corrected chi connectivity index (χ4v) is 2.26. The van der Waals surface area contributed by atoms with Gasteiger partial charge in [0, 0.05) is 17.7 Å². The van der Waals surface area contributed by atoms with Gasteiger partial charge in [0.05, 0.1) is 19.4 Å². The highest BCUT2D eigenvalue weighted by Gasteiger charge is 2.06. The third kappa shape index (κ3) is 5.53. The molecule has 3 N–H and O–H groups in total. The average Bonchev–Trinajstić information content (AvgIpc) is 2.59. The lowest BCUT2D eigenvalue weighted by atomic mass is 10.1. The van der Waals surface area contributed by atoms with Crippen LogP contribution in [-0.4, -0.2) is 25.4 Å². The van der Waals surface area contributed by atoms with Gasteiger partial charge in [-0.2, -0.15) is 0 Å². The van der Waals surface area contributed by atoms with Crippen LogP contribution in [0.2, 0.25) is 0 Å². The molecule has 0 aliphatic heterocycles. The summed E-state index contributed by atoms with van der Waals surface area (Å²) in [5, 5.41) is 2.78. The van der Waals surface area contributed by atoms with Gasteiger partial charge in [0.15, 0.2) is 5.78 Å². The van der Waals surface area contributed by atoms with E-state index in [2.05, 4.69) is 5.32 Å². The summed E-state index contributed by atoms with van der Waals surface area (Å²) in [6.07, 6.45) is 0.875. The van der Waals surface area contributed by atoms with Crippen LogP contribution in [0.5, 0.6) is 11.5 Å². The Kier molecular flexibility index (Phi) is 6.39. The van der Waals surface area contributed by atoms with Crippen LogP contribution in [-0.2, 0) is 4.79 Å². The lowest BCUT2D eigenvalue weighted by Crippen LogP contribution is -2.13. The van der Waals surface area contributed by atoms with Gasteiger partial charge in [0.25, 0.3) is 0 Å². The number of anilines is 2. The largest absolute Gasteiger partial charge is 0.495 e. The van der Waals surface area contributed by atoms with E-state index < -0.39 is 0 Å². The van der Waals surface area contributed by atoms with Crippen molar-refractivity contribution in [2.24, 2.45) is 0 Å². The van der Waals surface area contributed by atoms with E-state index in [1.54, 1.807) is 42.5 Å². The van der Waals surface area contributed by atoms with Crippen LogP contribution in [0.1, 0.15) is 30.1 Å². The van der Waals surface area contributed by atoms with Crippen molar-refractivity contribution in [1.82, 2.24) is 0 Å². The molecule has 0 bridgehead atoms. The molecule has 2 aromatic rings. The topological polar surface area (TPSA) is 90.6 Å². The van der Waals surface area contributed by atoms with Gasteiger partial charge >= 0.3 is 0 Å². The van der Waals surface area contributed by atoms with Crippen molar-refractivity contribution in [3.8, 4) is 11.5 Å². The van der Waals surface area contributed by atoms with Crippen molar-refractivity contribution >= 4 is 23.1 Å². The minimum Gasteiger partial charge on any atom is -0.495 e. The highest BCUT2D eigenvalue weighted by atomic mass is 16.5. The predicted molar refractivity (Wildman–Crippen MR) is 97.2 cm³/mol. The summed E-state index contributed by atoms with van der Waals surface area (Å²) in [6, 6.07) is 12.1. The normalized spacial score (nSPS) is 10.2. The zero-order valence-corrected chi connectivity index (χ0v) is 14.4. The van der Waals surface area contributed by atoms with Gasteiger partial charge in [-0.05, 0) is 43.7 Å². The molecule has 132 valence electrons. The number of amides is 1. The second kappa shape index (κ2) is 8.73. The molecule has 0 aliphatic rings. The van der Waals surface area contributed by atoms with Crippen molar-refractivity contribution in [1.29, 1.82) is 0 Å². The van der Waals surface area contributed by atoms with Crippen LogP contribution in [0.25, 0.3) is 0 Å². The molecule has 25 heavy (non-hydrogen) atoms. The van der Waals surface area contributed by atoms with E-state index >= 15 is 0 Å². The van der Waals surface area contributed by atoms with E-state index in [0.717, 1.165) is 0 Å². The van der Waals surface area contributed by atoms with Crippen LogP contribution < -0.4 is 20.5 Å². The lowest BCUT2D eigenvalue weighted by molar-refractivity contribution is -0.116. The smallest absolute Gasteiger partial charge is 0.224 e. The van der Waals surface area contributed by atoms with E-state index in [1.807, 2.05) is 0 Å². The molecule has 2 aromatic carbocycles. The van der Waals surface area contributed by atoms with E-state index in [0.29, 0.717) is 47.9 Å². The number of nitrogens with one attached hydrogen (secondary N) is 1. The van der Waals surface area contributed by atoms with E-state index in [4.69, 9.17) is 15.2 Å². The molecule has 0 saturated carbocycles. The first-order valence-corrected chi connectivity index (χ1v) is 7.97. The van der Waals surface area contributed by atoms with Gasteiger partial charge in [-0.1, -0.05) is 12.1 Å². The van der Waals surface area contributed by atoms with Crippen LogP contribution in [0.4, 0.5) is 11.4 Å². The number of Topliss-reactive ketones (excluding diaryl/α,β-unsaturated/α-hetero) is 1. The number of nitrogens with two attached hydrogens (primary N) is 1. The van der Waals surface area contributed by atoms with Crippen molar-refractivity contribution in [2.45, 2.75) is 19.8 Å². The maximum atomic E-state index is 11.9. The van der Waals surface area contributed by atoms with Gasteiger partial charge in [0.1, 0.15) is 11.5 Å². The Morgan fingerprint density at radius 2 is 1.96 bits per heavy atom. The zero-order valence-electron chi connectivity index (χ0n) is 14.4. The Bertz CT molecular complexity index is 759. The van der Waals surface area contributed by atoms with Gasteiger partial charge in [-0.25, -0.2) is 0 Å². The highest BCUT2D eigenvalue weighted by molar-refractivity contribution is 5.94. The molecule has 6 heteroatoms. The van der Waals surface area contributed by atoms with E-state index in [9.17, 15) is 9.59 Å². The van der Waals surface area contributed by atoms with Crippen molar-refractivity contribution in [2.75, 3.05) is 24.8 Å². The van der Waals surface area contributed by atoms with Crippen LogP contribution in [0, 0.1) is 0 Å². The third-order valence-corrected chi connectivity index (χ3v) is 3.57. The molecule has 0 aliphatic carbocycles. The third-order valence-electron chi connectivity index (χ3n) is 3.57. The second-order valence-corrected chi connectivity index (χ2v) is 5.54. The SMILES string of the molecule is COc1ccc(NC(=O)CCCOc2cccc(C(C)=O)c2)cc1N. The summed E-state index contributed by atoms with van der Waals surface area (Å²) in [6.45, 7) is 1.90. The fraction of sp³-hybridized carbons (Fsp3) is 0.263.